The lowest BCUT2D eigenvalue weighted by Gasteiger charge is -2.33. The first kappa shape index (κ1) is 15.9. The molecule has 3 nitrogen and oxygen atoms in total. The second-order valence-corrected chi connectivity index (χ2v) is 8.07. The number of hydrogen-bond donors (Lipinski definition) is 1. The Labute approximate surface area is 127 Å². The predicted molar refractivity (Wildman–Crippen MR) is 85.2 cm³/mol. The topological polar surface area (TPSA) is 34.2 Å². The Morgan fingerprint density at radius 2 is 2.15 bits per heavy atom. The van der Waals surface area contributed by atoms with Gasteiger partial charge >= 0.3 is 0 Å². The maximum atomic E-state index is 5.45. The van der Waals surface area contributed by atoms with E-state index in [1.54, 1.807) is 11.3 Å². The molecule has 2 rings (SSSR count). The van der Waals surface area contributed by atoms with E-state index >= 15 is 0 Å². The predicted octanol–water partition coefficient (Wildman–Crippen LogP) is 3.95. The molecule has 0 aliphatic carbocycles. The van der Waals surface area contributed by atoms with Crippen molar-refractivity contribution >= 4 is 11.3 Å². The van der Waals surface area contributed by atoms with Crippen molar-refractivity contribution in [2.45, 2.75) is 53.0 Å². The van der Waals surface area contributed by atoms with Crippen molar-refractivity contribution in [1.82, 2.24) is 10.3 Å². The smallest absolute Gasteiger partial charge is 0.0897 e. The van der Waals surface area contributed by atoms with Gasteiger partial charge in [0, 0.05) is 36.9 Å². The molecule has 0 spiro atoms. The lowest BCUT2D eigenvalue weighted by molar-refractivity contribution is 0.0509. The van der Waals surface area contributed by atoms with E-state index in [0.29, 0.717) is 11.5 Å². The number of hydrogen-bond acceptors (Lipinski definition) is 4. The summed E-state index contributed by atoms with van der Waals surface area (Å²) < 4.78 is 5.45. The summed E-state index contributed by atoms with van der Waals surface area (Å²) in [5.41, 5.74) is 0.343. The SMILES string of the molecule is Cc1ncc([C@H](C)NCC(C)(C)CC2CCOCC2)s1. The summed E-state index contributed by atoms with van der Waals surface area (Å²) in [5.74, 6) is 0.835. The monoisotopic (exact) mass is 296 g/mol. The van der Waals surface area contributed by atoms with Crippen LogP contribution in [0.5, 0.6) is 0 Å². The number of rotatable bonds is 6. The van der Waals surface area contributed by atoms with Crippen LogP contribution < -0.4 is 5.32 Å². The third kappa shape index (κ3) is 4.83. The van der Waals surface area contributed by atoms with Crippen molar-refractivity contribution in [3.05, 3.63) is 16.1 Å². The summed E-state index contributed by atoms with van der Waals surface area (Å²) >= 11 is 1.79. The lowest BCUT2D eigenvalue weighted by Crippen LogP contribution is -2.33. The average molecular weight is 296 g/mol. The molecule has 2 heterocycles. The summed E-state index contributed by atoms with van der Waals surface area (Å²) in [5, 5.41) is 4.83. The van der Waals surface area contributed by atoms with Crippen molar-refractivity contribution in [2.75, 3.05) is 19.8 Å². The van der Waals surface area contributed by atoms with Crippen LogP contribution in [0.15, 0.2) is 6.20 Å². The third-order valence-corrected chi connectivity index (χ3v) is 5.23. The van der Waals surface area contributed by atoms with Crippen LogP contribution in [-0.2, 0) is 4.74 Å². The highest BCUT2D eigenvalue weighted by Crippen LogP contribution is 2.31. The maximum Gasteiger partial charge on any atom is 0.0897 e. The fraction of sp³-hybridized carbons (Fsp3) is 0.812. The molecule has 4 heteroatoms. The quantitative estimate of drug-likeness (QED) is 0.863. The summed E-state index contributed by atoms with van der Waals surface area (Å²) in [7, 11) is 0. The van der Waals surface area contributed by atoms with Gasteiger partial charge in [0.25, 0.3) is 0 Å². The van der Waals surface area contributed by atoms with Crippen LogP contribution >= 0.6 is 11.3 Å². The first-order valence-electron chi connectivity index (χ1n) is 7.70. The van der Waals surface area contributed by atoms with Crippen LogP contribution in [0.4, 0.5) is 0 Å². The molecule has 1 aromatic heterocycles. The van der Waals surface area contributed by atoms with Crippen molar-refractivity contribution in [3.8, 4) is 0 Å². The molecule has 1 N–H and O–H groups in total. The third-order valence-electron chi connectivity index (χ3n) is 4.13. The highest BCUT2D eigenvalue weighted by molar-refractivity contribution is 7.11. The van der Waals surface area contributed by atoms with Gasteiger partial charge in [0.05, 0.1) is 5.01 Å². The van der Waals surface area contributed by atoms with Gasteiger partial charge in [0.2, 0.25) is 0 Å². The average Bonchev–Trinajstić information content (AvgIpc) is 2.83. The van der Waals surface area contributed by atoms with Crippen LogP contribution in [0, 0.1) is 18.3 Å². The molecule has 1 aromatic rings. The molecule has 1 atom stereocenters. The fourth-order valence-electron chi connectivity index (χ4n) is 2.91. The largest absolute Gasteiger partial charge is 0.381 e. The fourth-order valence-corrected chi connectivity index (χ4v) is 3.72. The van der Waals surface area contributed by atoms with Crippen molar-refractivity contribution in [2.24, 2.45) is 11.3 Å². The number of thiazole rings is 1. The van der Waals surface area contributed by atoms with Gasteiger partial charge in [0.15, 0.2) is 0 Å². The van der Waals surface area contributed by atoms with Crippen LogP contribution in [0.25, 0.3) is 0 Å². The molecule has 0 unspecified atom stereocenters. The van der Waals surface area contributed by atoms with Crippen LogP contribution in [0.1, 0.15) is 56.0 Å². The minimum atomic E-state index is 0.343. The van der Waals surface area contributed by atoms with Gasteiger partial charge < -0.3 is 10.1 Å². The highest BCUT2D eigenvalue weighted by atomic mass is 32.1. The highest BCUT2D eigenvalue weighted by Gasteiger charge is 2.25. The van der Waals surface area contributed by atoms with Crippen molar-refractivity contribution in [1.29, 1.82) is 0 Å². The Balaban J connectivity index is 1.78. The van der Waals surface area contributed by atoms with Crippen molar-refractivity contribution in [3.63, 3.8) is 0 Å². The molecular formula is C16H28N2OS. The second-order valence-electron chi connectivity index (χ2n) is 6.81. The standard InChI is InChI=1S/C16H28N2OS/c1-12(15-10-17-13(2)20-15)18-11-16(3,4)9-14-5-7-19-8-6-14/h10,12,14,18H,5-9,11H2,1-4H3/t12-/m0/s1. The Bertz CT molecular complexity index is 410. The molecule has 0 aromatic carbocycles. The number of aromatic nitrogens is 1. The zero-order chi connectivity index (χ0) is 14.6. The molecule has 1 aliphatic rings. The molecule has 0 radical (unpaired) electrons. The van der Waals surface area contributed by atoms with Crippen molar-refractivity contribution < 1.29 is 4.74 Å². The van der Waals surface area contributed by atoms with Gasteiger partial charge in [-0.15, -0.1) is 11.3 Å². The molecular weight excluding hydrogens is 268 g/mol. The van der Waals surface area contributed by atoms with Gasteiger partial charge in [-0.1, -0.05) is 13.8 Å². The zero-order valence-corrected chi connectivity index (χ0v) is 14.1. The second kappa shape index (κ2) is 7.01. The summed E-state index contributed by atoms with van der Waals surface area (Å²) in [6.07, 6.45) is 5.75. The molecule has 0 saturated carbocycles. The normalized spacial score (nSPS) is 19.2. The minimum Gasteiger partial charge on any atom is -0.381 e. The molecule has 0 bridgehead atoms. The van der Waals surface area contributed by atoms with E-state index in [9.17, 15) is 0 Å². The van der Waals surface area contributed by atoms with E-state index in [0.717, 1.165) is 30.7 Å². The van der Waals surface area contributed by atoms with E-state index in [-0.39, 0.29) is 0 Å². The van der Waals surface area contributed by atoms with Gasteiger partial charge in [-0.25, -0.2) is 4.98 Å². The first-order valence-corrected chi connectivity index (χ1v) is 8.51. The van der Waals surface area contributed by atoms with E-state index in [1.165, 1.54) is 24.1 Å². The van der Waals surface area contributed by atoms with Crippen LogP contribution in [-0.4, -0.2) is 24.7 Å². The number of nitrogens with one attached hydrogen (secondary N) is 1. The molecule has 1 saturated heterocycles. The molecule has 114 valence electrons. The lowest BCUT2D eigenvalue weighted by atomic mass is 9.79. The first-order chi connectivity index (χ1) is 9.46. The van der Waals surface area contributed by atoms with E-state index in [4.69, 9.17) is 4.74 Å². The minimum absolute atomic E-state index is 0.343. The molecule has 1 fully saturated rings. The van der Waals surface area contributed by atoms with Crippen LogP contribution in [0.3, 0.4) is 0 Å². The molecule has 20 heavy (non-hydrogen) atoms. The Hall–Kier alpha value is -0.450. The van der Waals surface area contributed by atoms with E-state index in [1.807, 2.05) is 6.20 Å². The Kier molecular flexibility index (Phi) is 5.58. The van der Waals surface area contributed by atoms with Gasteiger partial charge in [-0.3, -0.25) is 0 Å². The van der Waals surface area contributed by atoms with Gasteiger partial charge in [0.1, 0.15) is 0 Å². The summed E-state index contributed by atoms with van der Waals surface area (Å²) in [4.78, 5) is 5.68. The molecule has 1 aliphatic heterocycles. The summed E-state index contributed by atoms with van der Waals surface area (Å²) in [6, 6.07) is 0.398. The Morgan fingerprint density at radius 3 is 2.75 bits per heavy atom. The Morgan fingerprint density at radius 1 is 1.45 bits per heavy atom. The van der Waals surface area contributed by atoms with Gasteiger partial charge in [-0.05, 0) is 44.4 Å². The molecule has 0 amide bonds. The van der Waals surface area contributed by atoms with E-state index in [2.05, 4.69) is 38.0 Å². The summed E-state index contributed by atoms with van der Waals surface area (Å²) in [6.45, 7) is 12.0. The zero-order valence-electron chi connectivity index (χ0n) is 13.2. The number of nitrogens with zero attached hydrogens (tertiary/aromatic N) is 1. The number of aryl methyl sites for hydroxylation is 1. The van der Waals surface area contributed by atoms with E-state index < -0.39 is 0 Å². The number of ether oxygens (including phenoxy) is 1. The van der Waals surface area contributed by atoms with Crippen LogP contribution in [0.2, 0.25) is 0 Å². The van der Waals surface area contributed by atoms with Gasteiger partial charge in [-0.2, -0.15) is 0 Å². The maximum absolute atomic E-state index is 5.45.